The molecule has 2 aliphatic heterocycles. The summed E-state index contributed by atoms with van der Waals surface area (Å²) in [5.41, 5.74) is 10.3. The van der Waals surface area contributed by atoms with Crippen LogP contribution in [0.25, 0.3) is 0 Å². The molecule has 4 rings (SSSR count). The van der Waals surface area contributed by atoms with Crippen molar-refractivity contribution in [1.82, 2.24) is 20.6 Å². The van der Waals surface area contributed by atoms with E-state index in [1.54, 1.807) is 4.90 Å². The standard InChI is InChI=1S/C32H41F6N9O4/c33-31(34,35)21-6-3-19(4-7-21)9-14-41-27(49)23-12-17-47(23)25-18-24(44-29(45-25)32(36,37)38)46-15-10-20(11-16-46)5-8-26(48)43-22(28(50)51)2-1-13-42-30(39)40/h3-4,6-7,18,20,22-23H,1-2,5,8-17H2,(H,41,49)(H,43,48)(H,50,51)(H4,39,40,42)/t22?,23-/m0/s1. The Morgan fingerprint density at radius 2 is 1.63 bits per heavy atom. The summed E-state index contributed by atoms with van der Waals surface area (Å²) >= 11 is 0. The number of hydrogen-bond donors (Lipinski definition) is 5. The molecular weight excluding hydrogens is 688 g/mol. The number of hydrogen-bond acceptors (Lipinski definition) is 8. The molecule has 1 aromatic carbocycles. The van der Waals surface area contributed by atoms with Gasteiger partial charge in [0.1, 0.15) is 23.7 Å². The van der Waals surface area contributed by atoms with Crippen molar-refractivity contribution in [3.05, 3.63) is 47.3 Å². The number of amides is 2. The van der Waals surface area contributed by atoms with Crippen molar-refractivity contribution < 1.29 is 45.8 Å². The zero-order chi connectivity index (χ0) is 37.3. The highest BCUT2D eigenvalue weighted by Crippen LogP contribution is 2.35. The van der Waals surface area contributed by atoms with E-state index in [1.807, 2.05) is 0 Å². The lowest BCUT2D eigenvalue weighted by molar-refractivity contribution is -0.145. The molecule has 2 fully saturated rings. The number of alkyl halides is 6. The second-order valence-corrected chi connectivity index (χ2v) is 12.5. The summed E-state index contributed by atoms with van der Waals surface area (Å²) in [6.07, 6.45) is -6.51. The number of carbonyl (C=O) groups excluding carboxylic acids is 2. The number of piperidine rings is 1. The summed E-state index contributed by atoms with van der Waals surface area (Å²) in [4.78, 5) is 51.4. The molecule has 19 heteroatoms. The normalized spacial score (nSPS) is 17.3. The van der Waals surface area contributed by atoms with Crippen LogP contribution in [0.15, 0.2) is 35.3 Å². The van der Waals surface area contributed by atoms with E-state index in [1.165, 1.54) is 23.1 Å². The minimum Gasteiger partial charge on any atom is -0.480 e. The number of nitrogens with two attached hydrogens (primary N) is 2. The molecule has 51 heavy (non-hydrogen) atoms. The van der Waals surface area contributed by atoms with Crippen LogP contribution < -0.4 is 31.9 Å². The number of nitrogens with zero attached hydrogens (tertiary/aromatic N) is 5. The Kier molecular flexibility index (Phi) is 12.9. The SMILES string of the molecule is NC(N)=NCCCC(NC(=O)CCC1CCN(c2cc(N3CC[C@H]3C(=O)NCCc3ccc(C(F)(F)F)cc3)nc(C(F)(F)F)n2)CC1)C(=O)O. The number of benzene rings is 1. The Morgan fingerprint density at radius 1 is 0.961 bits per heavy atom. The first kappa shape index (κ1) is 39.0. The number of carboxylic acid groups (broad SMARTS) is 1. The van der Waals surface area contributed by atoms with Crippen LogP contribution >= 0.6 is 0 Å². The number of anilines is 2. The highest BCUT2D eigenvalue weighted by atomic mass is 19.4. The molecule has 2 saturated heterocycles. The number of carboxylic acids is 1. The Labute approximate surface area is 289 Å². The van der Waals surface area contributed by atoms with Crippen molar-refractivity contribution in [1.29, 1.82) is 0 Å². The van der Waals surface area contributed by atoms with Crippen LogP contribution in [0.5, 0.6) is 0 Å². The second-order valence-electron chi connectivity index (χ2n) is 12.5. The molecule has 2 atom stereocenters. The molecule has 2 aromatic rings. The van der Waals surface area contributed by atoms with E-state index in [0.29, 0.717) is 50.8 Å². The number of aliphatic carboxylic acids is 1. The van der Waals surface area contributed by atoms with Crippen molar-refractivity contribution >= 4 is 35.4 Å². The first-order valence-electron chi connectivity index (χ1n) is 16.5. The molecule has 0 radical (unpaired) electrons. The molecule has 1 unspecified atom stereocenters. The molecule has 0 saturated carbocycles. The molecule has 0 bridgehead atoms. The average molecular weight is 730 g/mol. The number of aliphatic imine (C=N–C) groups is 1. The predicted molar refractivity (Wildman–Crippen MR) is 175 cm³/mol. The number of nitrogens with one attached hydrogen (secondary N) is 2. The topological polar surface area (TPSA) is 192 Å². The average Bonchev–Trinajstić information content (AvgIpc) is 3.04. The molecule has 13 nitrogen and oxygen atoms in total. The van der Waals surface area contributed by atoms with Gasteiger partial charge in [-0.15, -0.1) is 0 Å². The van der Waals surface area contributed by atoms with Crippen LogP contribution in [0.4, 0.5) is 38.0 Å². The van der Waals surface area contributed by atoms with E-state index in [0.717, 1.165) is 12.1 Å². The zero-order valence-electron chi connectivity index (χ0n) is 27.6. The molecule has 280 valence electrons. The molecule has 2 aliphatic rings. The second kappa shape index (κ2) is 16.9. The van der Waals surface area contributed by atoms with Crippen LogP contribution in [0.3, 0.4) is 0 Å². The Hall–Kier alpha value is -4.84. The third-order valence-corrected chi connectivity index (χ3v) is 8.86. The van der Waals surface area contributed by atoms with Crippen molar-refractivity contribution in [3.63, 3.8) is 0 Å². The Morgan fingerprint density at radius 3 is 2.20 bits per heavy atom. The highest BCUT2D eigenvalue weighted by Gasteiger charge is 2.40. The summed E-state index contributed by atoms with van der Waals surface area (Å²) < 4.78 is 80.1. The van der Waals surface area contributed by atoms with E-state index < -0.39 is 53.6 Å². The number of rotatable bonds is 15. The van der Waals surface area contributed by atoms with Crippen molar-refractivity contribution in [2.45, 2.75) is 75.8 Å². The van der Waals surface area contributed by atoms with Gasteiger partial charge in [0.05, 0.1) is 5.56 Å². The van der Waals surface area contributed by atoms with Gasteiger partial charge in [-0.2, -0.15) is 26.3 Å². The van der Waals surface area contributed by atoms with E-state index in [4.69, 9.17) is 11.5 Å². The van der Waals surface area contributed by atoms with Gasteiger partial charge in [0.25, 0.3) is 0 Å². The fourth-order valence-electron chi connectivity index (χ4n) is 5.91. The van der Waals surface area contributed by atoms with Crippen LogP contribution in [0, 0.1) is 5.92 Å². The predicted octanol–water partition coefficient (Wildman–Crippen LogP) is 3.07. The fourth-order valence-corrected chi connectivity index (χ4v) is 5.91. The number of carbonyl (C=O) groups is 3. The van der Waals surface area contributed by atoms with Gasteiger partial charge < -0.3 is 37.0 Å². The van der Waals surface area contributed by atoms with Gasteiger partial charge in [-0.3, -0.25) is 14.6 Å². The first-order valence-corrected chi connectivity index (χ1v) is 16.5. The van der Waals surface area contributed by atoms with Gasteiger partial charge in [0, 0.05) is 45.2 Å². The molecule has 1 aromatic heterocycles. The Bertz CT molecular complexity index is 1540. The highest BCUT2D eigenvalue weighted by molar-refractivity contribution is 5.87. The van der Waals surface area contributed by atoms with E-state index in [-0.39, 0.29) is 62.4 Å². The van der Waals surface area contributed by atoms with Crippen molar-refractivity contribution in [2.75, 3.05) is 42.5 Å². The molecule has 2 amide bonds. The molecule has 3 heterocycles. The quantitative estimate of drug-likeness (QED) is 0.0788. The van der Waals surface area contributed by atoms with Gasteiger partial charge in [-0.25, -0.2) is 14.8 Å². The van der Waals surface area contributed by atoms with Gasteiger partial charge in [-0.05, 0) is 68.6 Å². The summed E-state index contributed by atoms with van der Waals surface area (Å²) in [5, 5.41) is 14.7. The lowest BCUT2D eigenvalue weighted by atomic mass is 9.92. The van der Waals surface area contributed by atoms with Gasteiger partial charge in [0.15, 0.2) is 5.96 Å². The largest absolute Gasteiger partial charge is 0.480 e. The summed E-state index contributed by atoms with van der Waals surface area (Å²) in [6, 6.07) is 4.11. The van der Waals surface area contributed by atoms with Gasteiger partial charge >= 0.3 is 18.3 Å². The smallest absolute Gasteiger partial charge is 0.451 e. The molecular formula is C32H41F6N9O4. The maximum Gasteiger partial charge on any atom is 0.451 e. The third kappa shape index (κ3) is 11.3. The minimum atomic E-state index is -4.85. The zero-order valence-corrected chi connectivity index (χ0v) is 27.6. The van der Waals surface area contributed by atoms with E-state index in [2.05, 4.69) is 25.6 Å². The number of halogens is 6. The number of aromatic nitrogens is 2. The van der Waals surface area contributed by atoms with Crippen LogP contribution in [0.1, 0.15) is 61.9 Å². The van der Waals surface area contributed by atoms with E-state index in [9.17, 15) is 45.8 Å². The summed E-state index contributed by atoms with van der Waals surface area (Å²) in [5.74, 6) is -3.40. The monoisotopic (exact) mass is 729 g/mol. The van der Waals surface area contributed by atoms with Crippen LogP contribution in [-0.4, -0.2) is 83.6 Å². The maximum atomic E-state index is 13.9. The molecule has 0 aliphatic carbocycles. The minimum absolute atomic E-state index is 0.0495. The van der Waals surface area contributed by atoms with Gasteiger partial charge in [-0.1, -0.05) is 12.1 Å². The maximum absolute atomic E-state index is 13.9. The van der Waals surface area contributed by atoms with Crippen molar-refractivity contribution in [3.8, 4) is 0 Å². The van der Waals surface area contributed by atoms with Crippen LogP contribution in [0.2, 0.25) is 0 Å². The molecule has 0 spiro atoms. The number of guanidine groups is 1. The van der Waals surface area contributed by atoms with Crippen molar-refractivity contribution in [2.24, 2.45) is 22.4 Å². The summed E-state index contributed by atoms with van der Waals surface area (Å²) in [7, 11) is 0. The first-order chi connectivity index (χ1) is 24.0. The third-order valence-electron chi connectivity index (χ3n) is 8.86. The molecule has 7 N–H and O–H groups in total. The van der Waals surface area contributed by atoms with Gasteiger partial charge in [0.2, 0.25) is 17.6 Å². The Balaban J connectivity index is 1.30. The summed E-state index contributed by atoms with van der Waals surface area (Å²) in [6.45, 7) is 1.35. The lowest BCUT2D eigenvalue weighted by Gasteiger charge is -2.41. The van der Waals surface area contributed by atoms with E-state index >= 15 is 0 Å². The lowest BCUT2D eigenvalue weighted by Crippen LogP contribution is -2.57. The van der Waals surface area contributed by atoms with Crippen LogP contribution in [-0.2, 0) is 33.2 Å². The fraction of sp³-hybridized carbons (Fsp3) is 0.562.